The van der Waals surface area contributed by atoms with Crippen LogP contribution >= 0.6 is 12.4 Å². The Morgan fingerprint density at radius 2 is 1.58 bits per heavy atom. The zero-order valence-corrected chi connectivity index (χ0v) is 12.5. The van der Waals surface area contributed by atoms with Gasteiger partial charge in [-0.1, -0.05) is 25.7 Å². The molecule has 110 valence electrons. The summed E-state index contributed by atoms with van der Waals surface area (Å²) in [4.78, 5) is 12.3. The topological polar surface area (TPSA) is 55.1 Å². The second-order valence-corrected chi connectivity index (χ2v) is 6.53. The predicted octanol–water partition coefficient (Wildman–Crippen LogP) is 2.48. The van der Waals surface area contributed by atoms with Gasteiger partial charge in [0.15, 0.2) is 0 Å². The molecule has 19 heavy (non-hydrogen) atoms. The van der Waals surface area contributed by atoms with Crippen molar-refractivity contribution in [3.63, 3.8) is 0 Å². The van der Waals surface area contributed by atoms with Crippen LogP contribution in [0.1, 0.15) is 51.4 Å². The summed E-state index contributed by atoms with van der Waals surface area (Å²) in [6.07, 6.45) is 10.1. The molecule has 0 saturated heterocycles. The summed E-state index contributed by atoms with van der Waals surface area (Å²) < 4.78 is 0. The predicted molar refractivity (Wildman–Crippen MR) is 79.1 cm³/mol. The van der Waals surface area contributed by atoms with E-state index in [1.165, 1.54) is 44.9 Å². The molecule has 0 aliphatic heterocycles. The third-order valence-corrected chi connectivity index (χ3v) is 5.50. The van der Waals surface area contributed by atoms with E-state index in [1.807, 2.05) is 0 Å². The van der Waals surface area contributed by atoms with E-state index in [9.17, 15) is 4.79 Å². The molecule has 3 aliphatic rings. The van der Waals surface area contributed by atoms with E-state index in [0.717, 1.165) is 24.8 Å². The zero-order chi connectivity index (χ0) is 12.5. The second-order valence-electron chi connectivity index (χ2n) is 6.53. The molecule has 4 atom stereocenters. The summed E-state index contributed by atoms with van der Waals surface area (Å²) in [5.74, 6) is 2.66. The van der Waals surface area contributed by atoms with E-state index in [4.69, 9.17) is 5.73 Å². The van der Waals surface area contributed by atoms with Gasteiger partial charge in [0, 0.05) is 12.0 Å². The van der Waals surface area contributed by atoms with Crippen LogP contribution < -0.4 is 11.1 Å². The van der Waals surface area contributed by atoms with Crippen molar-refractivity contribution in [2.75, 3.05) is 6.54 Å². The molecule has 3 fully saturated rings. The fraction of sp³-hybridized carbons (Fsp3) is 0.933. The Kier molecular flexibility index (Phi) is 5.13. The number of amides is 1. The van der Waals surface area contributed by atoms with Crippen molar-refractivity contribution >= 4 is 18.3 Å². The minimum Gasteiger partial charge on any atom is -0.353 e. The maximum absolute atomic E-state index is 12.3. The molecular weight excluding hydrogens is 260 g/mol. The molecule has 4 heteroatoms. The lowest BCUT2D eigenvalue weighted by Crippen LogP contribution is -2.45. The minimum absolute atomic E-state index is 0. The lowest BCUT2D eigenvalue weighted by molar-refractivity contribution is -0.124. The monoisotopic (exact) mass is 286 g/mol. The molecule has 3 aliphatic carbocycles. The molecule has 0 aromatic heterocycles. The second kappa shape index (κ2) is 6.45. The molecule has 3 nitrogen and oxygen atoms in total. The Morgan fingerprint density at radius 1 is 1.00 bits per heavy atom. The SMILES string of the molecule is Cl.NCC1CCCCC1NC(=O)C1C2CCCCC21. The molecule has 1 amide bonds. The minimum atomic E-state index is 0. The molecule has 0 heterocycles. The molecule has 4 unspecified atom stereocenters. The first-order valence-corrected chi connectivity index (χ1v) is 7.81. The van der Waals surface area contributed by atoms with Gasteiger partial charge >= 0.3 is 0 Å². The van der Waals surface area contributed by atoms with Crippen molar-refractivity contribution in [2.24, 2.45) is 29.4 Å². The fourth-order valence-electron chi connectivity index (χ4n) is 4.34. The fourth-order valence-corrected chi connectivity index (χ4v) is 4.34. The number of halogens is 1. The molecule has 0 aromatic carbocycles. The molecule has 0 radical (unpaired) electrons. The summed E-state index contributed by atoms with van der Waals surface area (Å²) in [7, 11) is 0. The van der Waals surface area contributed by atoms with Gasteiger partial charge in [0.05, 0.1) is 0 Å². The zero-order valence-electron chi connectivity index (χ0n) is 11.6. The number of nitrogens with one attached hydrogen (secondary N) is 1. The van der Waals surface area contributed by atoms with Crippen LogP contribution in [0.5, 0.6) is 0 Å². The number of rotatable bonds is 3. The van der Waals surface area contributed by atoms with Gasteiger partial charge in [-0.25, -0.2) is 0 Å². The highest BCUT2D eigenvalue weighted by Gasteiger charge is 2.54. The molecular formula is C15H27ClN2O. The average Bonchev–Trinajstić information content (AvgIpc) is 3.13. The average molecular weight is 287 g/mol. The van der Waals surface area contributed by atoms with E-state index in [0.29, 0.717) is 23.8 Å². The summed E-state index contributed by atoms with van der Waals surface area (Å²) >= 11 is 0. The summed E-state index contributed by atoms with van der Waals surface area (Å²) in [5.41, 5.74) is 5.83. The van der Waals surface area contributed by atoms with Crippen LogP contribution in [0, 0.1) is 23.7 Å². The number of carbonyl (C=O) groups excluding carboxylic acids is 1. The summed E-state index contributed by atoms with van der Waals surface area (Å²) in [5, 5.41) is 3.32. The Balaban J connectivity index is 0.00000133. The van der Waals surface area contributed by atoms with E-state index >= 15 is 0 Å². The number of fused-ring (bicyclic) bond motifs is 1. The van der Waals surface area contributed by atoms with Gasteiger partial charge < -0.3 is 11.1 Å². The van der Waals surface area contributed by atoms with Crippen LogP contribution in [0.3, 0.4) is 0 Å². The summed E-state index contributed by atoms with van der Waals surface area (Å²) in [6.45, 7) is 0.725. The van der Waals surface area contributed by atoms with Gasteiger partial charge in [-0.15, -0.1) is 12.4 Å². The quantitative estimate of drug-likeness (QED) is 0.837. The first-order valence-electron chi connectivity index (χ1n) is 7.81. The Morgan fingerprint density at radius 3 is 2.21 bits per heavy atom. The van der Waals surface area contributed by atoms with Crippen LogP contribution in [0.25, 0.3) is 0 Å². The number of hydrogen-bond donors (Lipinski definition) is 2. The van der Waals surface area contributed by atoms with E-state index in [1.54, 1.807) is 0 Å². The van der Waals surface area contributed by atoms with E-state index < -0.39 is 0 Å². The van der Waals surface area contributed by atoms with Crippen molar-refractivity contribution < 1.29 is 4.79 Å². The van der Waals surface area contributed by atoms with Crippen molar-refractivity contribution in [3.8, 4) is 0 Å². The lowest BCUT2D eigenvalue weighted by Gasteiger charge is -2.31. The molecule has 0 spiro atoms. The van der Waals surface area contributed by atoms with Gasteiger partial charge in [0.1, 0.15) is 0 Å². The normalized spacial score (nSPS) is 40.8. The van der Waals surface area contributed by atoms with Gasteiger partial charge in [0.2, 0.25) is 5.91 Å². The first kappa shape index (κ1) is 15.1. The van der Waals surface area contributed by atoms with Crippen LogP contribution in [0.15, 0.2) is 0 Å². The Bertz CT molecular complexity index is 311. The standard InChI is InChI=1S/C15H26N2O.ClH/c16-9-10-5-1-4-8-13(10)17-15(18)14-11-6-2-3-7-12(11)14;/h10-14H,1-9,16H2,(H,17,18);1H. The van der Waals surface area contributed by atoms with Crippen LogP contribution in [0.2, 0.25) is 0 Å². The largest absolute Gasteiger partial charge is 0.353 e. The van der Waals surface area contributed by atoms with Gasteiger partial charge in [0.25, 0.3) is 0 Å². The maximum atomic E-state index is 12.3. The summed E-state index contributed by atoms with van der Waals surface area (Å²) in [6, 6.07) is 0.360. The van der Waals surface area contributed by atoms with Crippen molar-refractivity contribution in [1.29, 1.82) is 0 Å². The van der Waals surface area contributed by atoms with Gasteiger partial charge in [-0.05, 0) is 50.0 Å². The number of nitrogens with two attached hydrogens (primary N) is 1. The highest BCUT2D eigenvalue weighted by Crippen LogP contribution is 2.55. The van der Waals surface area contributed by atoms with E-state index in [-0.39, 0.29) is 12.4 Å². The first-order chi connectivity index (χ1) is 8.81. The Hall–Kier alpha value is -0.280. The smallest absolute Gasteiger partial charge is 0.223 e. The molecule has 3 rings (SSSR count). The van der Waals surface area contributed by atoms with Crippen LogP contribution in [-0.2, 0) is 4.79 Å². The molecule has 3 saturated carbocycles. The van der Waals surface area contributed by atoms with Crippen molar-refractivity contribution in [2.45, 2.75) is 57.4 Å². The van der Waals surface area contributed by atoms with E-state index in [2.05, 4.69) is 5.32 Å². The third kappa shape index (κ3) is 3.08. The lowest BCUT2D eigenvalue weighted by atomic mass is 9.84. The maximum Gasteiger partial charge on any atom is 0.223 e. The van der Waals surface area contributed by atoms with Gasteiger partial charge in [-0.2, -0.15) is 0 Å². The van der Waals surface area contributed by atoms with Crippen molar-refractivity contribution in [1.82, 2.24) is 5.32 Å². The highest BCUT2D eigenvalue weighted by molar-refractivity contribution is 5.85. The molecule has 0 bridgehead atoms. The number of hydrogen-bond acceptors (Lipinski definition) is 2. The Labute approximate surface area is 122 Å². The van der Waals surface area contributed by atoms with Crippen LogP contribution in [0.4, 0.5) is 0 Å². The molecule has 0 aromatic rings. The third-order valence-electron chi connectivity index (χ3n) is 5.50. The highest BCUT2D eigenvalue weighted by atomic mass is 35.5. The van der Waals surface area contributed by atoms with Crippen LogP contribution in [-0.4, -0.2) is 18.5 Å². The van der Waals surface area contributed by atoms with Gasteiger partial charge in [-0.3, -0.25) is 4.79 Å². The molecule has 3 N–H and O–H groups in total. The number of carbonyl (C=O) groups is 1. The van der Waals surface area contributed by atoms with Crippen molar-refractivity contribution in [3.05, 3.63) is 0 Å².